The zero-order valence-corrected chi connectivity index (χ0v) is 22.9. The van der Waals surface area contributed by atoms with Crippen molar-refractivity contribution < 1.29 is 38.5 Å². The zero-order chi connectivity index (χ0) is 27.4. The number of morpholine rings is 1. The minimum absolute atomic E-state index is 0.123. The summed E-state index contributed by atoms with van der Waals surface area (Å²) in [6.45, 7) is 15.5. The molecule has 0 aromatic carbocycles. The number of carbonyl (C=O) groups excluding carboxylic acids is 3. The van der Waals surface area contributed by atoms with Crippen LogP contribution in [-0.4, -0.2) is 108 Å². The van der Waals surface area contributed by atoms with Gasteiger partial charge >= 0.3 is 18.2 Å². The lowest BCUT2D eigenvalue weighted by Crippen LogP contribution is -2.46. The Hall–Kier alpha value is -2.56. The number of carbonyl (C=O) groups is 4. The van der Waals surface area contributed by atoms with Gasteiger partial charge in [-0.2, -0.15) is 0 Å². The molecule has 3 saturated heterocycles. The van der Waals surface area contributed by atoms with Crippen molar-refractivity contribution in [2.24, 2.45) is 22.7 Å². The number of hydrogen-bond acceptors (Lipinski definition) is 7. The van der Waals surface area contributed by atoms with Crippen LogP contribution in [0.5, 0.6) is 0 Å². The van der Waals surface area contributed by atoms with Crippen LogP contribution in [-0.2, 0) is 23.8 Å². The van der Waals surface area contributed by atoms with Crippen molar-refractivity contribution in [2.75, 3.05) is 52.5 Å². The Morgan fingerprint density at radius 1 is 0.757 bits per heavy atom. The third-order valence-corrected chi connectivity index (χ3v) is 7.75. The summed E-state index contributed by atoms with van der Waals surface area (Å²) in [4.78, 5) is 52.7. The van der Waals surface area contributed by atoms with Crippen LogP contribution in [0.2, 0.25) is 0 Å². The molecule has 0 bridgehead atoms. The van der Waals surface area contributed by atoms with Crippen LogP contribution in [0, 0.1) is 22.7 Å². The average molecular weight is 524 g/mol. The topological polar surface area (TPSA) is 126 Å². The Morgan fingerprint density at radius 2 is 1.19 bits per heavy atom. The quantitative estimate of drug-likeness (QED) is 0.585. The Morgan fingerprint density at radius 3 is 1.62 bits per heavy atom. The summed E-state index contributed by atoms with van der Waals surface area (Å²) in [5.41, 5.74) is -2.03. The molecule has 11 heteroatoms. The van der Waals surface area contributed by atoms with Gasteiger partial charge in [-0.05, 0) is 66.2 Å². The summed E-state index contributed by atoms with van der Waals surface area (Å²) in [6, 6.07) is 0. The van der Waals surface area contributed by atoms with Gasteiger partial charge in [0.1, 0.15) is 11.2 Å². The second kappa shape index (κ2) is 9.32. The summed E-state index contributed by atoms with van der Waals surface area (Å²) < 4.78 is 15.9. The van der Waals surface area contributed by atoms with E-state index in [9.17, 15) is 19.2 Å². The molecule has 37 heavy (non-hydrogen) atoms. The molecule has 5 rings (SSSR count). The monoisotopic (exact) mass is 523 g/mol. The van der Waals surface area contributed by atoms with Gasteiger partial charge in [-0.25, -0.2) is 9.59 Å². The highest BCUT2D eigenvalue weighted by atomic mass is 16.6. The lowest BCUT2D eigenvalue weighted by Gasteiger charge is -2.31. The van der Waals surface area contributed by atoms with Gasteiger partial charge in [-0.1, -0.05) is 0 Å². The summed E-state index contributed by atoms with van der Waals surface area (Å²) in [7, 11) is 0. The van der Waals surface area contributed by atoms with Crippen molar-refractivity contribution >= 4 is 24.1 Å². The van der Waals surface area contributed by atoms with Crippen molar-refractivity contribution in [1.82, 2.24) is 14.7 Å². The lowest BCUT2D eigenvalue weighted by atomic mass is 10.0. The maximum atomic E-state index is 12.7. The molecule has 1 N–H and O–H groups in total. The first-order valence-electron chi connectivity index (χ1n) is 13.1. The molecule has 5 fully saturated rings. The predicted octanol–water partition coefficient (Wildman–Crippen LogP) is 2.43. The fourth-order valence-electron chi connectivity index (χ4n) is 5.64. The number of rotatable bonds is 2. The lowest BCUT2D eigenvalue weighted by molar-refractivity contribution is -0.143. The third kappa shape index (κ3) is 5.81. The van der Waals surface area contributed by atoms with E-state index in [2.05, 4.69) is 0 Å². The fraction of sp³-hybridized carbons (Fsp3) is 0.846. The van der Waals surface area contributed by atoms with Crippen LogP contribution in [0.4, 0.5) is 9.59 Å². The van der Waals surface area contributed by atoms with Gasteiger partial charge in [0.25, 0.3) is 0 Å². The van der Waals surface area contributed by atoms with Crippen LogP contribution >= 0.6 is 0 Å². The van der Waals surface area contributed by atoms with Gasteiger partial charge in [-0.15, -0.1) is 0 Å². The standard InChI is InChI=1S/C15H24N2O4.C11H17NO4/c1-14(2,3)21-13(19)17-9-11-8-15(11,10-17)12(18)16-4-6-20-7-5-16;1-10(2,3)16-9(15)12-5-7-4-11(7,6-12)8(13)14/h11H,4-10H2,1-3H3;7H,4-6H2,1-3H3,(H,13,14)/t11-,15-;7-,11-/m11/s1. The van der Waals surface area contributed by atoms with Gasteiger partial charge in [-0.3, -0.25) is 9.59 Å². The van der Waals surface area contributed by atoms with E-state index < -0.39 is 28.7 Å². The molecule has 0 aromatic rings. The highest BCUT2D eigenvalue weighted by Gasteiger charge is 2.67. The van der Waals surface area contributed by atoms with Crippen molar-refractivity contribution in [3.63, 3.8) is 0 Å². The predicted molar refractivity (Wildman–Crippen MR) is 132 cm³/mol. The summed E-state index contributed by atoms with van der Waals surface area (Å²) >= 11 is 0. The molecule has 2 saturated carbocycles. The van der Waals surface area contributed by atoms with Crippen molar-refractivity contribution in [3.05, 3.63) is 0 Å². The molecule has 3 heterocycles. The normalized spacial score (nSPS) is 32.0. The molecule has 0 spiro atoms. The van der Waals surface area contributed by atoms with Gasteiger partial charge in [0.15, 0.2) is 0 Å². The van der Waals surface area contributed by atoms with E-state index in [0.717, 1.165) is 6.42 Å². The third-order valence-electron chi connectivity index (χ3n) is 7.75. The number of fused-ring (bicyclic) bond motifs is 2. The molecule has 2 aliphatic carbocycles. The second-order valence-electron chi connectivity index (χ2n) is 13.0. The number of carboxylic acid groups (broad SMARTS) is 1. The number of ether oxygens (including phenoxy) is 3. The Labute approximate surface area is 218 Å². The van der Waals surface area contributed by atoms with Crippen LogP contribution in [0.25, 0.3) is 0 Å². The van der Waals surface area contributed by atoms with E-state index in [0.29, 0.717) is 64.8 Å². The first-order valence-corrected chi connectivity index (χ1v) is 13.1. The number of amides is 3. The fourth-order valence-corrected chi connectivity index (χ4v) is 5.64. The molecule has 3 amide bonds. The molecule has 0 radical (unpaired) electrons. The number of carboxylic acids is 1. The molecule has 11 nitrogen and oxygen atoms in total. The van der Waals surface area contributed by atoms with E-state index in [1.807, 2.05) is 25.7 Å². The number of likely N-dealkylation sites (tertiary alicyclic amines) is 2. The number of piperidine rings is 2. The van der Waals surface area contributed by atoms with E-state index >= 15 is 0 Å². The van der Waals surface area contributed by atoms with Gasteiger partial charge < -0.3 is 34.0 Å². The van der Waals surface area contributed by atoms with Crippen LogP contribution < -0.4 is 0 Å². The van der Waals surface area contributed by atoms with Crippen LogP contribution in [0.15, 0.2) is 0 Å². The average Bonchev–Trinajstić information content (AvgIpc) is 3.59. The molecule has 208 valence electrons. The molecule has 0 aromatic heterocycles. The minimum atomic E-state index is -0.788. The van der Waals surface area contributed by atoms with Gasteiger partial charge in [0.05, 0.1) is 24.0 Å². The first kappa shape index (κ1) is 27.5. The first-order chi connectivity index (χ1) is 17.1. The Bertz CT molecular complexity index is 950. The summed E-state index contributed by atoms with van der Waals surface area (Å²) in [5, 5.41) is 9.07. The second-order valence-corrected chi connectivity index (χ2v) is 13.0. The highest BCUT2D eigenvalue weighted by molar-refractivity contribution is 5.88. The summed E-state index contributed by atoms with van der Waals surface area (Å²) in [6.07, 6.45) is 0.897. The van der Waals surface area contributed by atoms with E-state index in [4.69, 9.17) is 19.3 Å². The largest absolute Gasteiger partial charge is 0.481 e. The SMILES string of the molecule is CC(C)(C)OC(=O)N1C[C@H]2C[C@@]2(C(=O)N2CCOCC2)C1.CC(C)(C)OC(=O)N1C[C@H]2C[C@@]2(C(=O)O)C1. The van der Waals surface area contributed by atoms with E-state index in [1.165, 1.54) is 4.90 Å². The molecule has 3 aliphatic heterocycles. The maximum absolute atomic E-state index is 12.7. The summed E-state index contributed by atoms with van der Waals surface area (Å²) in [5.74, 6) is -0.164. The number of aliphatic carboxylic acids is 1. The van der Waals surface area contributed by atoms with E-state index in [1.54, 1.807) is 25.7 Å². The van der Waals surface area contributed by atoms with Gasteiger partial charge in [0, 0.05) is 39.3 Å². The minimum Gasteiger partial charge on any atom is -0.481 e. The van der Waals surface area contributed by atoms with Crippen LogP contribution in [0.3, 0.4) is 0 Å². The zero-order valence-electron chi connectivity index (χ0n) is 22.9. The van der Waals surface area contributed by atoms with E-state index in [-0.39, 0.29) is 23.3 Å². The Balaban J connectivity index is 0.000000180. The molecule has 0 unspecified atom stereocenters. The molecule has 5 aliphatic rings. The molecular weight excluding hydrogens is 482 g/mol. The van der Waals surface area contributed by atoms with Crippen molar-refractivity contribution in [2.45, 2.75) is 65.6 Å². The number of hydrogen-bond donors (Lipinski definition) is 1. The van der Waals surface area contributed by atoms with Crippen LogP contribution in [0.1, 0.15) is 54.4 Å². The maximum Gasteiger partial charge on any atom is 0.410 e. The molecule has 4 atom stereocenters. The van der Waals surface area contributed by atoms with Crippen molar-refractivity contribution in [3.8, 4) is 0 Å². The number of nitrogens with zero attached hydrogens (tertiary/aromatic N) is 3. The molecular formula is C26H41N3O8. The van der Waals surface area contributed by atoms with Gasteiger partial charge in [0.2, 0.25) is 5.91 Å². The van der Waals surface area contributed by atoms with Crippen molar-refractivity contribution in [1.29, 1.82) is 0 Å². The highest BCUT2D eigenvalue weighted by Crippen LogP contribution is 2.59. The Kier molecular flexibility index (Phi) is 6.92. The smallest absolute Gasteiger partial charge is 0.410 e.